The molecule has 0 spiro atoms. The molecule has 0 saturated carbocycles. The lowest BCUT2D eigenvalue weighted by atomic mass is 9.90. The molecule has 1 heterocycles. The molecule has 1 aliphatic rings. The lowest BCUT2D eigenvalue weighted by Gasteiger charge is -2.26. The van der Waals surface area contributed by atoms with Crippen LogP contribution in [0.3, 0.4) is 0 Å². The van der Waals surface area contributed by atoms with E-state index in [1.165, 1.54) is 34.7 Å². The molecule has 0 bridgehead atoms. The largest absolute Gasteiger partial charge is 0.309 e. The molecule has 0 fully saturated rings. The van der Waals surface area contributed by atoms with Gasteiger partial charge in [0.15, 0.2) is 0 Å². The lowest BCUT2D eigenvalue weighted by molar-refractivity contribution is 0.345. The molecule has 2 rings (SSSR count). The fraction of sp³-hybridized carbons (Fsp3) is 0.727. The normalized spacial score (nSPS) is 20.7. The van der Waals surface area contributed by atoms with Crippen LogP contribution in [0.15, 0.2) is 4.79 Å². The zero-order valence-electron chi connectivity index (χ0n) is 9.62. The monoisotopic (exact) mass is 226 g/mol. The van der Waals surface area contributed by atoms with Gasteiger partial charge in [-0.1, -0.05) is 11.3 Å². The van der Waals surface area contributed by atoms with Crippen LogP contribution in [0.4, 0.5) is 0 Å². The summed E-state index contributed by atoms with van der Waals surface area (Å²) < 4.78 is 1.85. The smallest absolute Gasteiger partial charge is 0.307 e. The first kappa shape index (κ1) is 10.9. The second-order valence-corrected chi connectivity index (χ2v) is 5.63. The fourth-order valence-electron chi connectivity index (χ4n) is 2.46. The Bertz CT molecular complexity index is 405. The van der Waals surface area contributed by atoms with Gasteiger partial charge in [-0.05, 0) is 33.4 Å². The van der Waals surface area contributed by atoms with Gasteiger partial charge in [0.2, 0.25) is 0 Å². The molecule has 15 heavy (non-hydrogen) atoms. The van der Waals surface area contributed by atoms with E-state index in [1.54, 1.807) is 0 Å². The molecule has 1 aromatic heterocycles. The van der Waals surface area contributed by atoms with Gasteiger partial charge in [0.1, 0.15) is 0 Å². The lowest BCUT2D eigenvalue weighted by Crippen LogP contribution is -2.26. The van der Waals surface area contributed by atoms with Crippen LogP contribution in [0.1, 0.15) is 29.3 Å². The average Bonchev–Trinajstić information content (AvgIpc) is 2.43. The van der Waals surface area contributed by atoms with Crippen molar-refractivity contribution in [2.75, 3.05) is 20.6 Å². The standard InChI is InChI=1S/C11H18N2OS/c1-12(2)7-8-5-4-6-9-10(8)13(3)11(14)15-9/h8H,4-7H2,1-3H3. The summed E-state index contributed by atoms with van der Waals surface area (Å²) in [4.78, 5) is 15.3. The van der Waals surface area contributed by atoms with Crippen LogP contribution in [0, 0.1) is 0 Å². The molecular weight excluding hydrogens is 208 g/mol. The van der Waals surface area contributed by atoms with Gasteiger partial charge in [0.25, 0.3) is 0 Å². The molecule has 1 atom stereocenters. The van der Waals surface area contributed by atoms with Gasteiger partial charge >= 0.3 is 4.87 Å². The van der Waals surface area contributed by atoms with E-state index >= 15 is 0 Å². The van der Waals surface area contributed by atoms with Crippen LogP contribution >= 0.6 is 11.3 Å². The molecule has 1 aromatic rings. The van der Waals surface area contributed by atoms with Crippen LogP contribution < -0.4 is 4.87 Å². The van der Waals surface area contributed by atoms with Gasteiger partial charge in [-0.15, -0.1) is 0 Å². The van der Waals surface area contributed by atoms with Crippen LogP contribution in [-0.4, -0.2) is 30.1 Å². The number of hydrogen-bond acceptors (Lipinski definition) is 3. The van der Waals surface area contributed by atoms with E-state index in [0.717, 1.165) is 13.0 Å². The minimum Gasteiger partial charge on any atom is -0.309 e. The topological polar surface area (TPSA) is 25.2 Å². The van der Waals surface area contributed by atoms with Crippen molar-refractivity contribution in [2.24, 2.45) is 7.05 Å². The molecular formula is C11H18N2OS. The molecule has 0 aromatic carbocycles. The Morgan fingerprint density at radius 1 is 1.53 bits per heavy atom. The van der Waals surface area contributed by atoms with Gasteiger partial charge in [0.05, 0.1) is 0 Å². The van der Waals surface area contributed by atoms with E-state index in [2.05, 4.69) is 19.0 Å². The third kappa shape index (κ3) is 2.01. The van der Waals surface area contributed by atoms with Crippen molar-refractivity contribution in [3.63, 3.8) is 0 Å². The zero-order chi connectivity index (χ0) is 11.0. The van der Waals surface area contributed by atoms with Crippen molar-refractivity contribution in [1.29, 1.82) is 0 Å². The minimum absolute atomic E-state index is 0.200. The second kappa shape index (κ2) is 4.10. The van der Waals surface area contributed by atoms with Gasteiger partial charge < -0.3 is 9.47 Å². The summed E-state index contributed by atoms with van der Waals surface area (Å²) in [6, 6.07) is 0. The molecule has 0 N–H and O–H groups in total. The molecule has 1 aliphatic carbocycles. The SMILES string of the molecule is CN(C)CC1CCCc2sc(=O)n(C)c21. The summed E-state index contributed by atoms with van der Waals surface area (Å²) in [6.45, 7) is 1.05. The highest BCUT2D eigenvalue weighted by Gasteiger charge is 2.25. The Labute approximate surface area is 94.3 Å². The summed E-state index contributed by atoms with van der Waals surface area (Å²) in [6.07, 6.45) is 3.54. The predicted molar refractivity (Wildman–Crippen MR) is 63.8 cm³/mol. The van der Waals surface area contributed by atoms with Gasteiger partial charge in [-0.2, -0.15) is 0 Å². The van der Waals surface area contributed by atoms with Crippen molar-refractivity contribution in [1.82, 2.24) is 9.47 Å². The van der Waals surface area contributed by atoms with E-state index in [4.69, 9.17) is 0 Å². The number of fused-ring (bicyclic) bond motifs is 1. The Morgan fingerprint density at radius 3 is 2.93 bits per heavy atom. The van der Waals surface area contributed by atoms with Gasteiger partial charge in [0, 0.05) is 30.1 Å². The van der Waals surface area contributed by atoms with Crippen molar-refractivity contribution >= 4 is 11.3 Å². The van der Waals surface area contributed by atoms with E-state index in [1.807, 2.05) is 11.6 Å². The molecule has 84 valence electrons. The molecule has 1 unspecified atom stereocenters. The fourth-order valence-corrected chi connectivity index (χ4v) is 3.56. The quantitative estimate of drug-likeness (QED) is 0.762. The molecule has 4 heteroatoms. The molecule has 0 saturated heterocycles. The number of hydrogen-bond donors (Lipinski definition) is 0. The molecule has 3 nitrogen and oxygen atoms in total. The van der Waals surface area contributed by atoms with Gasteiger partial charge in [-0.3, -0.25) is 4.79 Å². The predicted octanol–water partition coefficient (Wildman–Crippen LogP) is 1.43. The Morgan fingerprint density at radius 2 is 2.27 bits per heavy atom. The first-order chi connectivity index (χ1) is 7.09. The number of likely N-dealkylation sites (N-methyl/N-ethyl adjacent to an activating group) is 1. The van der Waals surface area contributed by atoms with Crippen molar-refractivity contribution in [3.8, 4) is 0 Å². The maximum atomic E-state index is 11.6. The highest BCUT2D eigenvalue weighted by Crippen LogP contribution is 2.32. The zero-order valence-corrected chi connectivity index (χ0v) is 10.4. The molecule has 0 amide bonds. The summed E-state index contributed by atoms with van der Waals surface area (Å²) in [5.41, 5.74) is 1.30. The number of thiazole rings is 1. The molecule has 0 aliphatic heterocycles. The number of aromatic nitrogens is 1. The summed E-state index contributed by atoms with van der Waals surface area (Å²) in [5, 5.41) is 0. The minimum atomic E-state index is 0.200. The van der Waals surface area contributed by atoms with Crippen LogP contribution in [-0.2, 0) is 13.5 Å². The third-order valence-electron chi connectivity index (χ3n) is 3.06. The second-order valence-electron chi connectivity index (χ2n) is 4.59. The Hall–Kier alpha value is -0.610. The van der Waals surface area contributed by atoms with Gasteiger partial charge in [-0.25, -0.2) is 0 Å². The van der Waals surface area contributed by atoms with Crippen LogP contribution in [0.5, 0.6) is 0 Å². The first-order valence-electron chi connectivity index (χ1n) is 5.43. The summed E-state index contributed by atoms with van der Waals surface area (Å²) in [7, 11) is 6.10. The van der Waals surface area contributed by atoms with Crippen molar-refractivity contribution < 1.29 is 0 Å². The van der Waals surface area contributed by atoms with E-state index < -0.39 is 0 Å². The Balaban J connectivity index is 2.36. The highest BCUT2D eigenvalue weighted by atomic mass is 32.1. The maximum Gasteiger partial charge on any atom is 0.307 e. The van der Waals surface area contributed by atoms with E-state index in [-0.39, 0.29) is 4.87 Å². The van der Waals surface area contributed by atoms with Crippen LogP contribution in [0.2, 0.25) is 0 Å². The maximum absolute atomic E-state index is 11.6. The van der Waals surface area contributed by atoms with Crippen molar-refractivity contribution in [3.05, 3.63) is 20.2 Å². The van der Waals surface area contributed by atoms with Crippen molar-refractivity contribution in [2.45, 2.75) is 25.2 Å². The van der Waals surface area contributed by atoms with Crippen LogP contribution in [0.25, 0.3) is 0 Å². The summed E-state index contributed by atoms with van der Waals surface area (Å²) in [5.74, 6) is 0.549. The summed E-state index contributed by atoms with van der Waals surface area (Å²) >= 11 is 1.44. The Kier molecular flexibility index (Phi) is 2.98. The van der Waals surface area contributed by atoms with E-state index in [9.17, 15) is 4.79 Å². The number of aryl methyl sites for hydroxylation is 1. The van der Waals surface area contributed by atoms with E-state index in [0.29, 0.717) is 5.92 Å². The number of nitrogens with zero attached hydrogens (tertiary/aromatic N) is 2. The average molecular weight is 226 g/mol. The first-order valence-corrected chi connectivity index (χ1v) is 6.24. The molecule has 0 radical (unpaired) electrons. The highest BCUT2D eigenvalue weighted by molar-refractivity contribution is 7.09. The number of rotatable bonds is 2. The third-order valence-corrected chi connectivity index (χ3v) is 4.17.